The lowest BCUT2D eigenvalue weighted by atomic mass is 9.82. The molecular weight excluding hydrogens is 350 g/mol. The smallest absolute Gasteiger partial charge is 0.252 e. The van der Waals surface area contributed by atoms with Crippen molar-refractivity contribution in [2.24, 2.45) is 5.92 Å². The summed E-state index contributed by atoms with van der Waals surface area (Å²) >= 11 is 6.70. The van der Waals surface area contributed by atoms with Crippen molar-refractivity contribution in [1.82, 2.24) is 5.32 Å². The lowest BCUT2D eigenvalue weighted by molar-refractivity contribution is 0.0420. The minimum atomic E-state index is -0.172. The number of aliphatic hydroxyl groups excluding tert-OH is 1. The summed E-state index contributed by atoms with van der Waals surface area (Å²) in [6.07, 6.45) is 1.41. The Morgan fingerprint density at radius 1 is 1.41 bits per heavy atom. The minimum Gasteiger partial charge on any atom is -0.393 e. The van der Waals surface area contributed by atoms with Crippen molar-refractivity contribution in [1.29, 1.82) is 0 Å². The van der Waals surface area contributed by atoms with Crippen molar-refractivity contribution in [3.63, 3.8) is 0 Å². The third-order valence-corrected chi connectivity index (χ3v) is 4.12. The molecule has 1 amide bonds. The van der Waals surface area contributed by atoms with Gasteiger partial charge in [-0.3, -0.25) is 4.79 Å². The third kappa shape index (κ3) is 3.30. The molecular formula is C12H13Br2NO2. The number of hydrogen-bond acceptors (Lipinski definition) is 2. The van der Waals surface area contributed by atoms with Gasteiger partial charge in [-0.2, -0.15) is 0 Å². The molecule has 92 valence electrons. The highest BCUT2D eigenvalue weighted by molar-refractivity contribution is 9.11. The molecule has 3 nitrogen and oxygen atoms in total. The summed E-state index contributed by atoms with van der Waals surface area (Å²) in [5, 5.41) is 12.0. The molecule has 1 aliphatic rings. The first-order chi connectivity index (χ1) is 8.06. The van der Waals surface area contributed by atoms with Crippen LogP contribution in [0.2, 0.25) is 0 Å². The maximum atomic E-state index is 11.9. The van der Waals surface area contributed by atoms with E-state index in [2.05, 4.69) is 37.2 Å². The van der Waals surface area contributed by atoms with Crippen LogP contribution in [0.1, 0.15) is 23.2 Å². The molecule has 0 spiro atoms. The van der Waals surface area contributed by atoms with E-state index in [-0.39, 0.29) is 12.0 Å². The zero-order chi connectivity index (χ0) is 12.4. The lowest BCUT2D eigenvalue weighted by Gasteiger charge is -2.31. The summed E-state index contributed by atoms with van der Waals surface area (Å²) in [7, 11) is 0. The predicted octanol–water partition coefficient (Wildman–Crippen LogP) is 2.71. The fourth-order valence-electron chi connectivity index (χ4n) is 1.87. The molecule has 1 aromatic carbocycles. The number of aliphatic hydroxyl groups is 1. The Morgan fingerprint density at radius 2 is 2.12 bits per heavy atom. The Morgan fingerprint density at radius 3 is 2.76 bits per heavy atom. The van der Waals surface area contributed by atoms with Crippen LogP contribution in [0.3, 0.4) is 0 Å². The van der Waals surface area contributed by atoms with Gasteiger partial charge in [-0.1, -0.05) is 15.9 Å². The molecule has 0 atom stereocenters. The number of hydrogen-bond donors (Lipinski definition) is 2. The van der Waals surface area contributed by atoms with Gasteiger partial charge >= 0.3 is 0 Å². The number of amides is 1. The Hall–Kier alpha value is -0.390. The van der Waals surface area contributed by atoms with E-state index < -0.39 is 0 Å². The highest BCUT2D eigenvalue weighted by atomic mass is 79.9. The average molecular weight is 363 g/mol. The first-order valence-corrected chi connectivity index (χ1v) is 7.06. The van der Waals surface area contributed by atoms with Crippen LogP contribution in [0.5, 0.6) is 0 Å². The first kappa shape index (κ1) is 13.1. The number of halogens is 2. The van der Waals surface area contributed by atoms with Gasteiger partial charge in [-0.15, -0.1) is 0 Å². The molecule has 0 bridgehead atoms. The van der Waals surface area contributed by atoms with Crippen LogP contribution in [0.25, 0.3) is 0 Å². The van der Waals surface area contributed by atoms with Gasteiger partial charge in [0, 0.05) is 15.5 Å². The van der Waals surface area contributed by atoms with Gasteiger partial charge < -0.3 is 10.4 Å². The first-order valence-electron chi connectivity index (χ1n) is 5.47. The molecule has 2 N–H and O–H groups in total. The van der Waals surface area contributed by atoms with E-state index >= 15 is 0 Å². The van der Waals surface area contributed by atoms with E-state index in [4.69, 9.17) is 5.11 Å². The molecule has 1 fully saturated rings. The van der Waals surface area contributed by atoms with E-state index in [1.807, 2.05) is 12.1 Å². The van der Waals surface area contributed by atoms with Crippen molar-refractivity contribution < 1.29 is 9.90 Å². The Balaban J connectivity index is 1.92. The van der Waals surface area contributed by atoms with E-state index in [0.29, 0.717) is 18.0 Å². The zero-order valence-corrected chi connectivity index (χ0v) is 12.3. The Bertz CT molecular complexity index is 431. The molecule has 5 heteroatoms. The summed E-state index contributed by atoms with van der Waals surface area (Å²) in [6, 6.07) is 5.50. The maximum absolute atomic E-state index is 11.9. The van der Waals surface area contributed by atoms with Gasteiger partial charge in [0.05, 0.1) is 11.7 Å². The van der Waals surface area contributed by atoms with Crippen LogP contribution < -0.4 is 5.32 Å². The molecule has 1 saturated carbocycles. The summed E-state index contributed by atoms with van der Waals surface area (Å²) in [5.41, 5.74) is 0.624. The molecule has 0 unspecified atom stereocenters. The van der Waals surface area contributed by atoms with Crippen molar-refractivity contribution in [2.75, 3.05) is 6.54 Å². The molecule has 1 aliphatic carbocycles. The van der Waals surface area contributed by atoms with Gasteiger partial charge in [-0.25, -0.2) is 0 Å². The third-order valence-electron chi connectivity index (χ3n) is 2.94. The van der Waals surface area contributed by atoms with Crippen LogP contribution in [-0.2, 0) is 0 Å². The normalized spacial score (nSPS) is 23.0. The van der Waals surface area contributed by atoms with Crippen LogP contribution in [-0.4, -0.2) is 23.7 Å². The Kier molecular flexibility index (Phi) is 4.22. The fourth-order valence-corrected chi connectivity index (χ4v) is 2.66. The molecule has 1 aromatic rings. The number of rotatable bonds is 3. The summed E-state index contributed by atoms with van der Waals surface area (Å²) in [5.74, 6) is 0.333. The highest BCUT2D eigenvalue weighted by Gasteiger charge is 2.27. The molecule has 17 heavy (non-hydrogen) atoms. The highest BCUT2D eigenvalue weighted by Crippen LogP contribution is 2.26. The number of nitrogens with one attached hydrogen (secondary N) is 1. The van der Waals surface area contributed by atoms with Gasteiger partial charge in [0.1, 0.15) is 0 Å². The van der Waals surface area contributed by atoms with Crippen LogP contribution in [0.4, 0.5) is 0 Å². The second kappa shape index (κ2) is 5.50. The summed E-state index contributed by atoms with van der Waals surface area (Å²) in [6.45, 7) is 0.634. The molecule has 2 rings (SSSR count). The van der Waals surface area contributed by atoms with Crippen molar-refractivity contribution in [2.45, 2.75) is 18.9 Å². The van der Waals surface area contributed by atoms with Crippen LogP contribution in [0, 0.1) is 5.92 Å². The van der Waals surface area contributed by atoms with Gasteiger partial charge in [0.25, 0.3) is 5.91 Å². The van der Waals surface area contributed by atoms with Gasteiger partial charge in [0.2, 0.25) is 0 Å². The lowest BCUT2D eigenvalue weighted by Crippen LogP contribution is -2.38. The van der Waals surface area contributed by atoms with Crippen molar-refractivity contribution in [3.05, 3.63) is 32.7 Å². The molecule has 0 aromatic heterocycles. The summed E-state index contributed by atoms with van der Waals surface area (Å²) in [4.78, 5) is 11.9. The number of benzene rings is 1. The summed E-state index contributed by atoms with van der Waals surface area (Å²) < 4.78 is 1.66. The SMILES string of the molecule is O=C(NCC1CC(O)C1)c1cc(Br)ccc1Br. The van der Waals surface area contributed by atoms with E-state index in [0.717, 1.165) is 21.8 Å². The zero-order valence-electron chi connectivity index (χ0n) is 9.12. The van der Waals surface area contributed by atoms with Gasteiger partial charge in [0.15, 0.2) is 0 Å². The quantitative estimate of drug-likeness (QED) is 0.868. The van der Waals surface area contributed by atoms with Crippen molar-refractivity contribution >= 4 is 37.8 Å². The van der Waals surface area contributed by atoms with E-state index in [1.165, 1.54) is 0 Å². The average Bonchev–Trinajstić information content (AvgIpc) is 2.26. The van der Waals surface area contributed by atoms with Gasteiger partial charge in [-0.05, 0) is 52.9 Å². The molecule has 0 radical (unpaired) electrons. The monoisotopic (exact) mass is 361 g/mol. The Labute approximate surface area is 117 Å². The predicted molar refractivity (Wildman–Crippen MR) is 72.9 cm³/mol. The fraction of sp³-hybridized carbons (Fsp3) is 0.417. The molecule has 0 aliphatic heterocycles. The second-order valence-electron chi connectivity index (χ2n) is 4.33. The molecule has 0 saturated heterocycles. The second-order valence-corrected chi connectivity index (χ2v) is 6.10. The minimum absolute atomic E-state index is 0.0837. The maximum Gasteiger partial charge on any atom is 0.252 e. The van der Waals surface area contributed by atoms with Crippen LogP contribution in [0.15, 0.2) is 27.1 Å². The van der Waals surface area contributed by atoms with Crippen molar-refractivity contribution in [3.8, 4) is 0 Å². The van der Waals surface area contributed by atoms with Crippen LogP contribution >= 0.6 is 31.9 Å². The topological polar surface area (TPSA) is 49.3 Å². The largest absolute Gasteiger partial charge is 0.393 e. The number of carbonyl (C=O) groups is 1. The molecule has 0 heterocycles. The van der Waals surface area contributed by atoms with E-state index in [9.17, 15) is 4.79 Å². The van der Waals surface area contributed by atoms with E-state index in [1.54, 1.807) is 6.07 Å². The number of carbonyl (C=O) groups excluding carboxylic acids is 1. The standard InChI is InChI=1S/C12H13Br2NO2/c13-8-1-2-11(14)10(5-8)12(17)15-6-7-3-9(16)4-7/h1-2,5,7,9,16H,3-4,6H2,(H,15,17).